The number of carbonyl (C=O) groups is 1. The van der Waals surface area contributed by atoms with Crippen molar-refractivity contribution in [3.63, 3.8) is 0 Å². The molecule has 0 atom stereocenters. The van der Waals surface area contributed by atoms with Crippen LogP contribution in [-0.2, 0) is 4.79 Å². The largest absolute Gasteiger partial charge is 0.356 e. The highest BCUT2D eigenvalue weighted by atomic mass is 127. The van der Waals surface area contributed by atoms with E-state index in [1.807, 2.05) is 20.8 Å². The van der Waals surface area contributed by atoms with Crippen molar-refractivity contribution < 1.29 is 4.79 Å². The third-order valence-corrected chi connectivity index (χ3v) is 3.22. The van der Waals surface area contributed by atoms with E-state index < -0.39 is 5.41 Å². The summed E-state index contributed by atoms with van der Waals surface area (Å²) in [4.78, 5) is 16.1. The van der Waals surface area contributed by atoms with Gasteiger partial charge in [0.1, 0.15) is 0 Å². The number of carbonyl (C=O) groups excluding carboxylic acids is 1. The fraction of sp³-hybridized carbons (Fsp3) is 0.714. The summed E-state index contributed by atoms with van der Waals surface area (Å²) in [7, 11) is 1.75. The maximum atomic E-state index is 11.9. The van der Waals surface area contributed by atoms with E-state index >= 15 is 0 Å². The van der Waals surface area contributed by atoms with Crippen LogP contribution in [0.5, 0.6) is 0 Å². The van der Waals surface area contributed by atoms with Crippen molar-refractivity contribution in [2.75, 3.05) is 20.1 Å². The van der Waals surface area contributed by atoms with Gasteiger partial charge in [-0.3, -0.25) is 9.79 Å². The molecule has 0 saturated heterocycles. The van der Waals surface area contributed by atoms with Gasteiger partial charge in [-0.05, 0) is 33.6 Å². The molecule has 0 unspecified atom stereocenters. The van der Waals surface area contributed by atoms with Crippen molar-refractivity contribution >= 4 is 35.8 Å². The summed E-state index contributed by atoms with van der Waals surface area (Å²) >= 11 is 0. The maximum Gasteiger partial charge on any atom is 0.227 e. The highest BCUT2D eigenvalue weighted by Crippen LogP contribution is 2.13. The number of hydrogen-bond acceptors (Lipinski definition) is 2. The van der Waals surface area contributed by atoms with Crippen molar-refractivity contribution in [1.82, 2.24) is 16.0 Å². The predicted octanol–water partition coefficient (Wildman–Crippen LogP) is 1.65. The number of aliphatic imine (C=N–C) groups is 1. The Morgan fingerprint density at radius 1 is 1.30 bits per heavy atom. The van der Waals surface area contributed by atoms with Crippen molar-refractivity contribution in [2.45, 2.75) is 39.7 Å². The minimum Gasteiger partial charge on any atom is -0.356 e. The summed E-state index contributed by atoms with van der Waals surface area (Å²) < 4.78 is 0. The van der Waals surface area contributed by atoms with E-state index in [0.29, 0.717) is 19.1 Å². The molecular weight excluding hydrogens is 367 g/mol. The molecule has 20 heavy (non-hydrogen) atoms. The first kappa shape index (κ1) is 19.2. The highest BCUT2D eigenvalue weighted by Gasteiger charge is 2.27. The molecule has 1 aliphatic rings. The van der Waals surface area contributed by atoms with Gasteiger partial charge in [-0.25, -0.2) is 0 Å². The van der Waals surface area contributed by atoms with Gasteiger partial charge < -0.3 is 16.0 Å². The first-order chi connectivity index (χ1) is 8.99. The number of rotatable bonds is 5. The van der Waals surface area contributed by atoms with Crippen molar-refractivity contribution in [1.29, 1.82) is 0 Å². The minimum absolute atomic E-state index is 0. The van der Waals surface area contributed by atoms with Crippen LogP contribution >= 0.6 is 24.0 Å². The Morgan fingerprint density at radius 2 is 1.90 bits per heavy atom. The lowest BCUT2D eigenvalue weighted by molar-refractivity contribution is -0.128. The molecule has 1 rings (SSSR count). The maximum absolute atomic E-state index is 11.9. The van der Waals surface area contributed by atoms with E-state index in [0.717, 1.165) is 18.8 Å². The average molecular weight is 394 g/mol. The molecule has 0 heterocycles. The van der Waals surface area contributed by atoms with Crippen LogP contribution < -0.4 is 16.0 Å². The summed E-state index contributed by atoms with van der Waals surface area (Å²) in [6.45, 7) is 6.99. The molecule has 0 fully saturated rings. The summed E-state index contributed by atoms with van der Waals surface area (Å²) in [6.07, 6.45) is 6.40. The van der Waals surface area contributed by atoms with Crippen molar-refractivity contribution in [3.8, 4) is 0 Å². The average Bonchev–Trinajstić information content (AvgIpc) is 2.87. The Bertz CT molecular complexity index is 358. The minimum atomic E-state index is -0.457. The number of nitrogens with one attached hydrogen (secondary N) is 3. The van der Waals surface area contributed by atoms with Crippen molar-refractivity contribution in [2.24, 2.45) is 10.4 Å². The molecule has 5 nitrogen and oxygen atoms in total. The molecule has 0 bridgehead atoms. The molecule has 0 aromatic heterocycles. The van der Waals surface area contributed by atoms with Crippen LogP contribution in [-0.4, -0.2) is 38.0 Å². The second-order valence-corrected chi connectivity index (χ2v) is 5.45. The first-order valence-corrected chi connectivity index (χ1v) is 6.90. The van der Waals surface area contributed by atoms with E-state index in [2.05, 4.69) is 33.1 Å². The van der Waals surface area contributed by atoms with Crippen molar-refractivity contribution in [3.05, 3.63) is 12.2 Å². The van der Waals surface area contributed by atoms with Crippen LogP contribution in [0.2, 0.25) is 0 Å². The van der Waals surface area contributed by atoms with Gasteiger partial charge in [-0.1, -0.05) is 12.2 Å². The van der Waals surface area contributed by atoms with Gasteiger partial charge in [-0.15, -0.1) is 24.0 Å². The molecular formula is C14H27IN4O. The van der Waals surface area contributed by atoms with Crippen LogP contribution in [0, 0.1) is 5.41 Å². The first-order valence-electron chi connectivity index (χ1n) is 6.90. The smallest absolute Gasteiger partial charge is 0.227 e. The Morgan fingerprint density at radius 3 is 2.40 bits per heavy atom. The lowest BCUT2D eigenvalue weighted by atomic mass is 9.92. The number of nitrogens with zero attached hydrogens (tertiary/aromatic N) is 1. The monoisotopic (exact) mass is 394 g/mol. The van der Waals surface area contributed by atoms with Gasteiger partial charge in [0.2, 0.25) is 5.91 Å². The number of guanidine groups is 1. The third-order valence-electron chi connectivity index (χ3n) is 3.22. The Balaban J connectivity index is 0.00000361. The molecule has 116 valence electrons. The second kappa shape index (κ2) is 9.20. The zero-order valence-electron chi connectivity index (χ0n) is 12.8. The normalized spacial score (nSPS) is 15.7. The fourth-order valence-corrected chi connectivity index (χ4v) is 1.91. The molecule has 6 heteroatoms. The molecule has 0 aromatic carbocycles. The van der Waals surface area contributed by atoms with E-state index in [1.54, 1.807) is 7.05 Å². The summed E-state index contributed by atoms with van der Waals surface area (Å²) in [5, 5.41) is 9.43. The van der Waals surface area contributed by atoms with Gasteiger partial charge in [0, 0.05) is 26.2 Å². The van der Waals surface area contributed by atoms with Crippen LogP contribution in [0.3, 0.4) is 0 Å². The number of amides is 1. The summed E-state index contributed by atoms with van der Waals surface area (Å²) in [5.74, 6) is 0.812. The third kappa shape index (κ3) is 6.11. The van der Waals surface area contributed by atoms with Crippen LogP contribution in [0.4, 0.5) is 0 Å². The van der Waals surface area contributed by atoms with Gasteiger partial charge in [0.15, 0.2) is 5.96 Å². The lowest BCUT2D eigenvalue weighted by Gasteiger charge is -2.25. The van der Waals surface area contributed by atoms with Crippen LogP contribution in [0.1, 0.15) is 33.6 Å². The fourth-order valence-electron chi connectivity index (χ4n) is 1.91. The molecule has 0 spiro atoms. The molecule has 0 aliphatic heterocycles. The lowest BCUT2D eigenvalue weighted by Crippen LogP contribution is -2.49. The standard InChI is InChI=1S/C14H26N4O.HI/c1-5-16-12(19)14(2,3)10-17-13(15-4)18-11-8-6-7-9-11;/h6-7,11H,5,8-10H2,1-4H3,(H,16,19)(H2,15,17,18);1H. The summed E-state index contributed by atoms with van der Waals surface area (Å²) in [6, 6.07) is 0.416. The van der Waals surface area contributed by atoms with Gasteiger partial charge in [0.05, 0.1) is 5.41 Å². The highest BCUT2D eigenvalue weighted by molar-refractivity contribution is 14.0. The Kier molecular flexibility index (Phi) is 8.84. The quantitative estimate of drug-likeness (QED) is 0.288. The second-order valence-electron chi connectivity index (χ2n) is 5.45. The van der Waals surface area contributed by atoms with E-state index in [-0.39, 0.29) is 29.9 Å². The predicted molar refractivity (Wildman–Crippen MR) is 94.5 cm³/mol. The number of hydrogen-bond donors (Lipinski definition) is 3. The van der Waals surface area contributed by atoms with Gasteiger partial charge >= 0.3 is 0 Å². The zero-order valence-corrected chi connectivity index (χ0v) is 15.2. The molecule has 0 aromatic rings. The molecule has 1 amide bonds. The van der Waals surface area contributed by atoms with Gasteiger partial charge in [0.25, 0.3) is 0 Å². The van der Waals surface area contributed by atoms with Crippen LogP contribution in [0.25, 0.3) is 0 Å². The molecule has 3 N–H and O–H groups in total. The number of halogens is 1. The Labute approximate surface area is 139 Å². The molecule has 0 radical (unpaired) electrons. The molecule has 0 saturated carbocycles. The van der Waals surface area contributed by atoms with E-state index in [4.69, 9.17) is 0 Å². The van der Waals surface area contributed by atoms with E-state index in [9.17, 15) is 4.79 Å². The van der Waals surface area contributed by atoms with Gasteiger partial charge in [-0.2, -0.15) is 0 Å². The van der Waals surface area contributed by atoms with E-state index in [1.165, 1.54) is 0 Å². The topological polar surface area (TPSA) is 65.5 Å². The zero-order chi connectivity index (χ0) is 14.3. The summed E-state index contributed by atoms with van der Waals surface area (Å²) in [5.41, 5.74) is -0.457. The SMILES string of the molecule is CCNC(=O)C(C)(C)CNC(=NC)NC1CC=CC1.I. The Hall–Kier alpha value is -0.790. The molecule has 1 aliphatic carbocycles. The van der Waals surface area contributed by atoms with Crippen LogP contribution in [0.15, 0.2) is 17.1 Å².